The summed E-state index contributed by atoms with van der Waals surface area (Å²) in [6, 6.07) is 13.4. The summed E-state index contributed by atoms with van der Waals surface area (Å²) in [5.74, 6) is 0.680. The molecule has 1 N–H and O–H groups in total. The molecule has 1 unspecified atom stereocenters. The van der Waals surface area contributed by atoms with Crippen LogP contribution < -0.4 is 15.0 Å². The number of hydrogen-bond donors (Lipinski definition) is 1. The van der Waals surface area contributed by atoms with Crippen LogP contribution in [0.4, 0.5) is 10.8 Å². The highest BCUT2D eigenvalue weighted by atomic mass is 35.5. The molecule has 2 heterocycles. The quantitative estimate of drug-likeness (QED) is 0.400. The average molecular weight is 499 g/mol. The van der Waals surface area contributed by atoms with Crippen LogP contribution in [0.25, 0.3) is 0 Å². The zero-order chi connectivity index (χ0) is 24.1. The van der Waals surface area contributed by atoms with Crippen molar-refractivity contribution in [3.8, 4) is 5.75 Å². The number of rotatable bonds is 9. The Morgan fingerprint density at radius 2 is 2.09 bits per heavy atom. The Morgan fingerprint density at radius 1 is 1.26 bits per heavy atom. The third kappa shape index (κ3) is 5.74. The number of aromatic nitrogens is 2. The number of hydrogen-bond acceptors (Lipinski definition) is 6. The number of nitrogens with zero attached hydrogens (tertiary/aromatic N) is 3. The van der Waals surface area contributed by atoms with Crippen molar-refractivity contribution in [2.75, 3.05) is 23.4 Å². The lowest BCUT2D eigenvalue weighted by Crippen LogP contribution is -2.25. The highest BCUT2D eigenvalue weighted by Gasteiger charge is 2.34. The maximum atomic E-state index is 12.7. The van der Waals surface area contributed by atoms with E-state index in [9.17, 15) is 9.59 Å². The van der Waals surface area contributed by atoms with Crippen LogP contribution in [-0.2, 0) is 16.0 Å². The van der Waals surface area contributed by atoms with E-state index in [4.69, 9.17) is 16.3 Å². The van der Waals surface area contributed by atoms with Gasteiger partial charge >= 0.3 is 0 Å². The lowest BCUT2D eigenvalue weighted by Gasteiger charge is -2.19. The molecule has 9 heteroatoms. The minimum Gasteiger partial charge on any atom is -0.493 e. The summed E-state index contributed by atoms with van der Waals surface area (Å²) in [7, 11) is 0. The summed E-state index contributed by atoms with van der Waals surface area (Å²) in [4.78, 5) is 26.8. The molecule has 1 saturated heterocycles. The predicted molar refractivity (Wildman–Crippen MR) is 135 cm³/mol. The van der Waals surface area contributed by atoms with Crippen LogP contribution in [-0.4, -0.2) is 35.2 Å². The molecule has 1 atom stereocenters. The summed E-state index contributed by atoms with van der Waals surface area (Å²) in [6.45, 7) is 5.01. The first kappa shape index (κ1) is 24.2. The number of carbonyl (C=O) groups is 2. The molecule has 0 saturated carbocycles. The molecule has 0 spiro atoms. The fourth-order valence-corrected chi connectivity index (χ4v) is 5.08. The fourth-order valence-electron chi connectivity index (χ4n) is 4.00. The first-order valence-electron chi connectivity index (χ1n) is 11.3. The van der Waals surface area contributed by atoms with Gasteiger partial charge in [0, 0.05) is 36.0 Å². The third-order valence-corrected chi connectivity index (χ3v) is 7.00. The van der Waals surface area contributed by atoms with Gasteiger partial charge in [0.1, 0.15) is 10.8 Å². The molecular weight excluding hydrogens is 472 g/mol. The molecule has 2 aromatic carbocycles. The van der Waals surface area contributed by atoms with Crippen LogP contribution in [0, 0.1) is 6.92 Å². The summed E-state index contributed by atoms with van der Waals surface area (Å²) < 4.78 is 5.74. The van der Waals surface area contributed by atoms with E-state index in [1.807, 2.05) is 42.2 Å². The molecule has 1 aromatic heterocycles. The van der Waals surface area contributed by atoms with Gasteiger partial charge in [-0.25, -0.2) is 0 Å². The molecule has 1 aliphatic heterocycles. The highest BCUT2D eigenvalue weighted by Crippen LogP contribution is 2.35. The van der Waals surface area contributed by atoms with E-state index in [-0.39, 0.29) is 17.7 Å². The lowest BCUT2D eigenvalue weighted by molar-refractivity contribution is -0.117. The van der Waals surface area contributed by atoms with Crippen LogP contribution in [0.15, 0.2) is 42.5 Å². The molecule has 1 aliphatic rings. The second-order valence-electron chi connectivity index (χ2n) is 8.24. The van der Waals surface area contributed by atoms with E-state index < -0.39 is 0 Å². The van der Waals surface area contributed by atoms with Gasteiger partial charge in [-0.2, -0.15) is 0 Å². The van der Waals surface area contributed by atoms with Gasteiger partial charge in [-0.3, -0.25) is 9.59 Å². The standard InChI is InChI=1S/C25H27ClN4O3S/c1-3-17-7-4-5-8-20(17)30-15-18(14-23(30)32)24-28-29-25(34-24)27-22(31)9-6-12-33-21-11-10-19(26)13-16(21)2/h4-5,7-8,10-11,13,18H,3,6,9,12,14-15H2,1-2H3,(H,27,29,31). The van der Waals surface area contributed by atoms with Crippen LogP contribution in [0.2, 0.25) is 5.02 Å². The lowest BCUT2D eigenvalue weighted by atomic mass is 10.1. The van der Waals surface area contributed by atoms with Crippen LogP contribution in [0.3, 0.4) is 0 Å². The molecule has 0 bridgehead atoms. The van der Waals surface area contributed by atoms with Crippen molar-refractivity contribution < 1.29 is 14.3 Å². The number of nitrogens with one attached hydrogen (secondary N) is 1. The number of halogens is 1. The maximum Gasteiger partial charge on any atom is 0.227 e. The van der Waals surface area contributed by atoms with Crippen molar-refractivity contribution in [1.82, 2.24) is 10.2 Å². The molecule has 0 aliphatic carbocycles. The number of anilines is 2. The molecule has 3 aromatic rings. The largest absolute Gasteiger partial charge is 0.493 e. The van der Waals surface area contributed by atoms with E-state index in [0.717, 1.165) is 34.0 Å². The summed E-state index contributed by atoms with van der Waals surface area (Å²) >= 11 is 7.29. The number of ether oxygens (including phenoxy) is 1. The Kier molecular flexibility index (Phi) is 7.80. The Bertz CT molecular complexity index is 1180. The van der Waals surface area contributed by atoms with Gasteiger partial charge in [-0.1, -0.05) is 48.1 Å². The van der Waals surface area contributed by atoms with E-state index in [1.54, 1.807) is 6.07 Å². The zero-order valence-corrected chi connectivity index (χ0v) is 20.8. The Morgan fingerprint density at radius 3 is 2.88 bits per heavy atom. The maximum absolute atomic E-state index is 12.7. The molecule has 7 nitrogen and oxygen atoms in total. The number of benzene rings is 2. The zero-order valence-electron chi connectivity index (χ0n) is 19.2. The average Bonchev–Trinajstić information content (AvgIpc) is 3.44. The number of aryl methyl sites for hydroxylation is 2. The SMILES string of the molecule is CCc1ccccc1N1CC(c2nnc(NC(=O)CCCOc3ccc(Cl)cc3C)s2)CC1=O. The van der Waals surface area contributed by atoms with Crippen LogP contribution >= 0.6 is 22.9 Å². The van der Waals surface area contributed by atoms with Crippen molar-refractivity contribution in [3.63, 3.8) is 0 Å². The van der Waals surface area contributed by atoms with Crippen molar-refractivity contribution in [2.45, 2.75) is 45.4 Å². The molecule has 4 rings (SSSR count). The first-order chi connectivity index (χ1) is 16.4. The monoisotopic (exact) mass is 498 g/mol. The highest BCUT2D eigenvalue weighted by molar-refractivity contribution is 7.15. The van der Waals surface area contributed by atoms with Gasteiger partial charge in [0.2, 0.25) is 16.9 Å². The topological polar surface area (TPSA) is 84.4 Å². The minimum absolute atomic E-state index is 0.0309. The van der Waals surface area contributed by atoms with E-state index in [1.165, 1.54) is 11.3 Å². The molecule has 0 radical (unpaired) electrons. The van der Waals surface area contributed by atoms with E-state index in [2.05, 4.69) is 28.5 Å². The van der Waals surface area contributed by atoms with Crippen molar-refractivity contribution >= 4 is 45.6 Å². The number of carbonyl (C=O) groups excluding carboxylic acids is 2. The molecule has 1 fully saturated rings. The van der Waals surface area contributed by atoms with Gasteiger partial charge in [0.05, 0.1) is 6.61 Å². The third-order valence-electron chi connectivity index (χ3n) is 5.77. The van der Waals surface area contributed by atoms with Crippen molar-refractivity contribution in [2.24, 2.45) is 0 Å². The second kappa shape index (κ2) is 11.0. The van der Waals surface area contributed by atoms with Crippen LogP contribution in [0.5, 0.6) is 5.75 Å². The molecule has 34 heavy (non-hydrogen) atoms. The van der Waals surface area contributed by atoms with Gasteiger partial charge < -0.3 is 15.0 Å². The van der Waals surface area contributed by atoms with Crippen LogP contribution in [0.1, 0.15) is 48.2 Å². The molecule has 178 valence electrons. The predicted octanol–water partition coefficient (Wildman–Crippen LogP) is 5.38. The minimum atomic E-state index is -0.139. The van der Waals surface area contributed by atoms with E-state index >= 15 is 0 Å². The smallest absolute Gasteiger partial charge is 0.227 e. The fraction of sp³-hybridized carbons (Fsp3) is 0.360. The molecular formula is C25H27ClN4O3S. The summed E-state index contributed by atoms with van der Waals surface area (Å²) in [6.07, 6.45) is 2.14. The van der Waals surface area contributed by atoms with Gasteiger partial charge in [0.15, 0.2) is 0 Å². The van der Waals surface area contributed by atoms with Crippen molar-refractivity contribution in [3.05, 3.63) is 63.6 Å². The normalized spacial score (nSPS) is 15.6. The Balaban J connectivity index is 1.27. The van der Waals surface area contributed by atoms with Gasteiger partial charge in [0.25, 0.3) is 0 Å². The first-order valence-corrected chi connectivity index (χ1v) is 12.5. The molecule has 2 amide bonds. The Labute approximate surface area is 208 Å². The van der Waals surface area contributed by atoms with Gasteiger partial charge in [-0.05, 0) is 55.2 Å². The number of para-hydroxylation sites is 1. The Hall–Kier alpha value is -2.97. The summed E-state index contributed by atoms with van der Waals surface area (Å²) in [5, 5.41) is 13.1. The number of amides is 2. The van der Waals surface area contributed by atoms with Gasteiger partial charge in [-0.15, -0.1) is 10.2 Å². The second-order valence-corrected chi connectivity index (χ2v) is 9.69. The summed E-state index contributed by atoms with van der Waals surface area (Å²) in [5.41, 5.74) is 3.07. The van der Waals surface area contributed by atoms with E-state index in [0.29, 0.717) is 42.6 Å². The van der Waals surface area contributed by atoms with Crippen molar-refractivity contribution in [1.29, 1.82) is 0 Å².